The third kappa shape index (κ3) is 5.12. The van der Waals surface area contributed by atoms with Crippen molar-refractivity contribution in [2.45, 2.75) is 18.6 Å². The van der Waals surface area contributed by atoms with Crippen molar-refractivity contribution in [1.82, 2.24) is 0 Å². The molecule has 2 atom stereocenters. The Morgan fingerprint density at radius 1 is 0.756 bits per heavy atom. The number of ketones is 1. The van der Waals surface area contributed by atoms with Gasteiger partial charge in [0.25, 0.3) is 0 Å². The van der Waals surface area contributed by atoms with Crippen molar-refractivity contribution >= 4 is 16.8 Å². The van der Waals surface area contributed by atoms with Crippen molar-refractivity contribution in [2.24, 2.45) is 0 Å². The zero-order valence-electron chi connectivity index (χ0n) is 25.4. The maximum absolute atomic E-state index is 14.6. The van der Waals surface area contributed by atoms with Gasteiger partial charge < -0.3 is 43.1 Å². The number of carbonyl (C=O) groups is 1. The Bertz CT molecular complexity index is 1870. The summed E-state index contributed by atoms with van der Waals surface area (Å²) in [5.41, 5.74) is 2.24. The number of carbonyl (C=O) groups excluding carboxylic acids is 1. The highest BCUT2D eigenvalue weighted by molar-refractivity contribution is 6.23. The van der Waals surface area contributed by atoms with Gasteiger partial charge in [-0.25, -0.2) is 0 Å². The minimum Gasteiger partial charge on any atom is -0.507 e. The first-order valence-corrected chi connectivity index (χ1v) is 14.1. The third-order valence-corrected chi connectivity index (χ3v) is 7.98. The van der Waals surface area contributed by atoms with Gasteiger partial charge >= 0.3 is 0 Å². The van der Waals surface area contributed by atoms with E-state index in [1.165, 1.54) is 33.5 Å². The molecule has 0 amide bonds. The normalized spacial score (nSPS) is 15.6. The smallest absolute Gasteiger partial charge is 0.205 e. The van der Waals surface area contributed by atoms with Gasteiger partial charge in [0.1, 0.15) is 63.3 Å². The molecule has 232 valence electrons. The molecule has 10 heteroatoms. The van der Waals surface area contributed by atoms with E-state index in [0.29, 0.717) is 56.4 Å². The predicted molar refractivity (Wildman–Crippen MR) is 165 cm³/mol. The third-order valence-electron chi connectivity index (χ3n) is 7.98. The summed E-state index contributed by atoms with van der Waals surface area (Å²) in [6.45, 7) is 0. The van der Waals surface area contributed by atoms with Crippen molar-refractivity contribution in [3.05, 3.63) is 89.0 Å². The van der Waals surface area contributed by atoms with E-state index in [4.69, 9.17) is 32.8 Å². The number of aliphatic hydroxyl groups is 1. The molecule has 0 radical (unpaired) electrons. The number of phenols is 1. The first kappa shape index (κ1) is 29.7. The highest BCUT2D eigenvalue weighted by Gasteiger charge is 2.38. The van der Waals surface area contributed by atoms with E-state index in [2.05, 4.69) is 0 Å². The Morgan fingerprint density at radius 3 is 1.98 bits per heavy atom. The summed E-state index contributed by atoms with van der Waals surface area (Å²) in [5, 5.41) is 22.7. The zero-order chi connectivity index (χ0) is 31.8. The molecule has 1 aliphatic heterocycles. The van der Waals surface area contributed by atoms with Crippen LogP contribution in [0.15, 0.2) is 71.1 Å². The summed E-state index contributed by atoms with van der Waals surface area (Å²) in [6, 6.07) is 18.8. The monoisotopic (exact) mass is 612 g/mol. The molecular formula is C35H32O10. The Balaban J connectivity index is 1.63. The minimum absolute atomic E-state index is 0.0807. The van der Waals surface area contributed by atoms with Crippen LogP contribution in [0.1, 0.15) is 33.2 Å². The number of aliphatic hydroxyl groups excluding tert-OH is 1. The predicted octanol–water partition coefficient (Wildman–Crippen LogP) is 6.12. The van der Waals surface area contributed by atoms with Gasteiger partial charge in [0.15, 0.2) is 0 Å². The quantitative estimate of drug-likeness (QED) is 0.188. The van der Waals surface area contributed by atoms with Crippen LogP contribution in [0.3, 0.4) is 0 Å². The van der Waals surface area contributed by atoms with E-state index >= 15 is 0 Å². The van der Waals surface area contributed by atoms with E-state index in [9.17, 15) is 15.0 Å². The van der Waals surface area contributed by atoms with Crippen LogP contribution in [0.25, 0.3) is 22.3 Å². The fourth-order valence-electron chi connectivity index (χ4n) is 5.73. The fourth-order valence-corrected chi connectivity index (χ4v) is 5.73. The summed E-state index contributed by atoms with van der Waals surface area (Å²) < 4.78 is 40.1. The highest BCUT2D eigenvalue weighted by atomic mass is 16.5. The van der Waals surface area contributed by atoms with Crippen LogP contribution in [0.5, 0.6) is 40.2 Å². The van der Waals surface area contributed by atoms with E-state index in [1.54, 1.807) is 56.7 Å². The first-order chi connectivity index (χ1) is 21.8. The number of hydrogen-bond acceptors (Lipinski definition) is 10. The van der Waals surface area contributed by atoms with Gasteiger partial charge in [-0.1, -0.05) is 12.1 Å². The molecule has 5 aromatic rings. The molecule has 0 aliphatic carbocycles. The molecule has 2 unspecified atom stereocenters. The van der Waals surface area contributed by atoms with Crippen molar-refractivity contribution in [2.75, 3.05) is 35.5 Å². The number of methoxy groups -OCH3 is 5. The van der Waals surface area contributed by atoms with Crippen molar-refractivity contribution < 1.29 is 47.8 Å². The number of benzene rings is 4. The van der Waals surface area contributed by atoms with E-state index in [-0.39, 0.29) is 34.8 Å². The van der Waals surface area contributed by atoms with Crippen LogP contribution < -0.4 is 28.4 Å². The van der Waals surface area contributed by atoms with Crippen molar-refractivity contribution in [3.8, 4) is 51.6 Å². The number of fused-ring (bicyclic) bond motifs is 3. The van der Waals surface area contributed by atoms with Crippen LogP contribution in [0, 0.1) is 0 Å². The Kier molecular flexibility index (Phi) is 7.90. The van der Waals surface area contributed by atoms with Crippen molar-refractivity contribution in [1.29, 1.82) is 0 Å². The Hall–Kier alpha value is -5.35. The van der Waals surface area contributed by atoms with Crippen LogP contribution in [0.4, 0.5) is 0 Å². The average Bonchev–Trinajstić information content (AvgIpc) is 3.46. The maximum Gasteiger partial charge on any atom is 0.205 e. The lowest BCUT2D eigenvalue weighted by Crippen LogP contribution is -2.30. The van der Waals surface area contributed by atoms with E-state index in [0.717, 1.165) is 0 Å². The lowest BCUT2D eigenvalue weighted by Gasteiger charge is -2.32. The van der Waals surface area contributed by atoms with E-state index in [1.807, 2.05) is 12.1 Å². The SMILES string of the molecule is COc1ccc(-c2oc3cc(OC)c4c(c3c2C(=O)c2c(O)cc(OC)cc2OC)OC(c2ccc(OC)cc2)C(O)C4)cc1. The standard InChI is InChI=1S/C35H32O10/c1-39-20-10-6-18(7-11-20)33-25(37)16-23-26(42-4)17-28-30(35(23)45-33)31(34(44-28)19-8-12-21(40-2)13-9-19)32(38)29-24(36)14-22(41-3)15-27(29)43-5/h6-15,17,25,33,36-37H,16H2,1-5H3. The molecule has 0 spiro atoms. The number of rotatable bonds is 9. The van der Waals surface area contributed by atoms with Crippen LogP contribution in [0.2, 0.25) is 0 Å². The lowest BCUT2D eigenvalue weighted by atomic mass is 9.90. The molecule has 0 saturated heterocycles. The number of hydrogen-bond donors (Lipinski definition) is 2. The zero-order valence-corrected chi connectivity index (χ0v) is 25.4. The van der Waals surface area contributed by atoms with Gasteiger partial charge in [-0.15, -0.1) is 0 Å². The van der Waals surface area contributed by atoms with Gasteiger partial charge in [0.05, 0.1) is 52.6 Å². The molecule has 1 aliphatic rings. The molecule has 10 nitrogen and oxygen atoms in total. The second kappa shape index (κ2) is 12.0. The number of phenolic OH excluding ortho intramolecular Hbond substituents is 1. The molecule has 0 bridgehead atoms. The van der Waals surface area contributed by atoms with Crippen LogP contribution >= 0.6 is 0 Å². The van der Waals surface area contributed by atoms with Gasteiger partial charge in [0, 0.05) is 35.7 Å². The molecule has 45 heavy (non-hydrogen) atoms. The maximum atomic E-state index is 14.6. The largest absolute Gasteiger partial charge is 0.507 e. The molecule has 0 saturated carbocycles. The lowest BCUT2D eigenvalue weighted by molar-refractivity contribution is 0.0211. The van der Waals surface area contributed by atoms with Crippen molar-refractivity contribution in [3.63, 3.8) is 0 Å². The minimum atomic E-state index is -0.921. The second-order valence-corrected chi connectivity index (χ2v) is 10.4. The molecule has 6 rings (SSSR count). The summed E-state index contributed by atoms with van der Waals surface area (Å²) in [4.78, 5) is 14.6. The number of aromatic hydroxyl groups is 1. The van der Waals surface area contributed by atoms with Crippen LogP contribution in [-0.2, 0) is 6.42 Å². The summed E-state index contributed by atoms with van der Waals surface area (Å²) in [7, 11) is 7.51. The molecule has 0 fully saturated rings. The van der Waals surface area contributed by atoms with Gasteiger partial charge in [0.2, 0.25) is 5.78 Å². The molecule has 1 aromatic heterocycles. The summed E-state index contributed by atoms with van der Waals surface area (Å²) in [5.74, 6) is 1.81. The Morgan fingerprint density at radius 2 is 1.38 bits per heavy atom. The van der Waals surface area contributed by atoms with Gasteiger partial charge in [-0.2, -0.15) is 0 Å². The molecule has 4 aromatic carbocycles. The van der Waals surface area contributed by atoms with Crippen LogP contribution in [-0.4, -0.2) is 57.6 Å². The summed E-state index contributed by atoms with van der Waals surface area (Å²) in [6.07, 6.45) is -1.51. The highest BCUT2D eigenvalue weighted by Crippen LogP contribution is 2.50. The van der Waals surface area contributed by atoms with Gasteiger partial charge in [-0.3, -0.25) is 4.79 Å². The molecule has 2 heterocycles. The fraction of sp³-hybridized carbons (Fsp3) is 0.229. The molecular weight excluding hydrogens is 580 g/mol. The first-order valence-electron chi connectivity index (χ1n) is 14.1. The molecule has 2 N–H and O–H groups in total. The van der Waals surface area contributed by atoms with E-state index < -0.39 is 18.0 Å². The van der Waals surface area contributed by atoms with Gasteiger partial charge in [-0.05, 0) is 42.0 Å². The number of furan rings is 1. The second-order valence-electron chi connectivity index (χ2n) is 10.4. The average molecular weight is 613 g/mol. The topological polar surface area (TPSA) is 126 Å². The number of ether oxygens (including phenoxy) is 6. The summed E-state index contributed by atoms with van der Waals surface area (Å²) >= 11 is 0. The Labute approximate surface area is 259 Å².